The van der Waals surface area contributed by atoms with Crippen LogP contribution in [0.3, 0.4) is 0 Å². The number of nitrogens with zero attached hydrogens (tertiary/aromatic N) is 3. The molecule has 1 saturated carbocycles. The van der Waals surface area contributed by atoms with E-state index >= 15 is 0 Å². The van der Waals surface area contributed by atoms with Crippen LogP contribution in [0.4, 0.5) is 4.79 Å². The second kappa shape index (κ2) is 13.3. The number of urea groups is 1. The lowest BCUT2D eigenvalue weighted by atomic mass is 10.1. The number of ether oxygens (including phenoxy) is 1. The van der Waals surface area contributed by atoms with Crippen LogP contribution in [0.2, 0.25) is 0 Å². The van der Waals surface area contributed by atoms with Gasteiger partial charge in [0.2, 0.25) is 0 Å². The molecule has 9 heteroatoms. The summed E-state index contributed by atoms with van der Waals surface area (Å²) >= 11 is 0. The number of rotatable bonds is 5. The number of nitrogens with one attached hydrogen (secondary N) is 1. The molecular weight excluding hydrogens is 506 g/mol. The molecule has 3 aromatic rings. The molecule has 2 aromatic carbocycles. The van der Waals surface area contributed by atoms with Gasteiger partial charge in [0.1, 0.15) is 6.23 Å². The fourth-order valence-corrected chi connectivity index (χ4v) is 5.60. The summed E-state index contributed by atoms with van der Waals surface area (Å²) in [6.45, 7) is 3.82. The number of aliphatic hydroxyl groups is 1. The summed E-state index contributed by atoms with van der Waals surface area (Å²) in [6.07, 6.45) is 7.56. The van der Waals surface area contributed by atoms with Gasteiger partial charge in [0.15, 0.2) is 0 Å². The Balaban J connectivity index is 0.000000162. The van der Waals surface area contributed by atoms with Crippen molar-refractivity contribution < 1.29 is 14.6 Å². The molecule has 2 atom stereocenters. The Kier molecular flexibility index (Phi) is 9.36. The zero-order valence-electron chi connectivity index (χ0n) is 23.0. The maximum Gasteiger partial charge on any atom is 0.326 e. The standard InChI is InChI=1S/C16H23NO2.C15H18N4O2/c18-16-9-11-19-15(14-4-2-1-3-5-14)8-10-17(16)12-13-6-7-13;16-14(20)18-8-6-12(7-9-18)19-10-13(17-15(19)21)11-4-2-1-3-5-11/h1-5,13,15-16,18H,6-12H2;1-5,10,12H,6-9H2,(H2,16,20)(H,17,21)/t15-,16?;/m1./s1. The monoisotopic (exact) mass is 547 g/mol. The molecule has 1 unspecified atom stereocenters. The van der Waals surface area contributed by atoms with Crippen LogP contribution in [-0.4, -0.2) is 69.5 Å². The van der Waals surface area contributed by atoms with E-state index in [4.69, 9.17) is 10.5 Å². The van der Waals surface area contributed by atoms with E-state index < -0.39 is 0 Å². The number of H-pyrrole nitrogens is 1. The fraction of sp³-hybridized carbons (Fsp3) is 0.484. The summed E-state index contributed by atoms with van der Waals surface area (Å²) in [4.78, 5) is 30.0. The lowest BCUT2D eigenvalue weighted by Crippen LogP contribution is -2.43. The van der Waals surface area contributed by atoms with Crippen LogP contribution in [-0.2, 0) is 4.74 Å². The normalized spacial score (nSPS) is 22.6. The molecule has 2 aliphatic heterocycles. The first kappa shape index (κ1) is 28.1. The lowest BCUT2D eigenvalue weighted by Gasteiger charge is -2.32. The van der Waals surface area contributed by atoms with E-state index in [1.807, 2.05) is 42.6 Å². The zero-order valence-corrected chi connectivity index (χ0v) is 23.0. The summed E-state index contributed by atoms with van der Waals surface area (Å²) in [7, 11) is 0. The van der Waals surface area contributed by atoms with Crippen molar-refractivity contribution in [3.63, 3.8) is 0 Å². The van der Waals surface area contributed by atoms with Gasteiger partial charge in [0, 0.05) is 44.8 Å². The molecule has 40 heavy (non-hydrogen) atoms. The van der Waals surface area contributed by atoms with Crippen molar-refractivity contribution in [3.05, 3.63) is 82.9 Å². The molecule has 3 aliphatic rings. The lowest BCUT2D eigenvalue weighted by molar-refractivity contribution is -0.0685. The minimum absolute atomic E-state index is 0.105. The Morgan fingerprint density at radius 2 is 1.60 bits per heavy atom. The molecule has 9 nitrogen and oxygen atoms in total. The zero-order chi connectivity index (χ0) is 27.9. The van der Waals surface area contributed by atoms with Crippen LogP contribution in [0.15, 0.2) is 71.7 Å². The number of aromatic amines is 1. The first-order valence-corrected chi connectivity index (χ1v) is 14.5. The number of carbonyl (C=O) groups is 1. The highest BCUT2D eigenvalue weighted by molar-refractivity contribution is 5.72. The van der Waals surface area contributed by atoms with Crippen molar-refractivity contribution in [1.29, 1.82) is 0 Å². The third-order valence-electron chi connectivity index (χ3n) is 8.15. The predicted octanol–water partition coefficient (Wildman–Crippen LogP) is 4.13. The minimum atomic E-state index is -0.389. The molecule has 2 saturated heterocycles. The van der Waals surface area contributed by atoms with E-state index in [9.17, 15) is 14.7 Å². The summed E-state index contributed by atoms with van der Waals surface area (Å²) in [5, 5.41) is 10.2. The van der Waals surface area contributed by atoms with Gasteiger partial charge in [-0.3, -0.25) is 9.47 Å². The van der Waals surface area contributed by atoms with E-state index in [1.54, 1.807) is 9.47 Å². The maximum absolute atomic E-state index is 12.1. The Labute approximate surface area is 235 Å². The van der Waals surface area contributed by atoms with Gasteiger partial charge in [-0.05, 0) is 49.1 Å². The number of primary amides is 1. The number of aliphatic hydroxyl groups excluding tert-OH is 1. The van der Waals surface area contributed by atoms with Gasteiger partial charge in [0.25, 0.3) is 0 Å². The Morgan fingerprint density at radius 1 is 0.925 bits per heavy atom. The van der Waals surface area contributed by atoms with Crippen LogP contribution in [0.5, 0.6) is 0 Å². The van der Waals surface area contributed by atoms with Gasteiger partial charge in [-0.2, -0.15) is 0 Å². The topological polar surface area (TPSA) is 117 Å². The Hall–Kier alpha value is -3.40. The highest BCUT2D eigenvalue weighted by Crippen LogP contribution is 2.32. The smallest absolute Gasteiger partial charge is 0.326 e. The van der Waals surface area contributed by atoms with Crippen molar-refractivity contribution in [2.24, 2.45) is 11.7 Å². The number of hydrogen-bond donors (Lipinski definition) is 3. The molecule has 214 valence electrons. The molecule has 0 radical (unpaired) electrons. The van der Waals surface area contributed by atoms with Gasteiger partial charge in [-0.15, -0.1) is 0 Å². The van der Waals surface area contributed by atoms with Gasteiger partial charge >= 0.3 is 11.7 Å². The van der Waals surface area contributed by atoms with Crippen LogP contribution < -0.4 is 11.4 Å². The predicted molar refractivity (Wildman–Crippen MR) is 155 cm³/mol. The van der Waals surface area contributed by atoms with Crippen LogP contribution in [0, 0.1) is 5.92 Å². The number of carbonyl (C=O) groups excluding carboxylic acids is 1. The molecule has 0 spiro atoms. The van der Waals surface area contributed by atoms with Crippen molar-refractivity contribution in [3.8, 4) is 11.3 Å². The van der Waals surface area contributed by atoms with Gasteiger partial charge in [-0.1, -0.05) is 60.7 Å². The number of hydrogen-bond acceptors (Lipinski definition) is 5. The first-order chi connectivity index (χ1) is 19.5. The van der Waals surface area contributed by atoms with Gasteiger partial charge in [0.05, 0.1) is 18.4 Å². The van der Waals surface area contributed by atoms with E-state index in [-0.39, 0.29) is 30.1 Å². The highest BCUT2D eigenvalue weighted by atomic mass is 16.5. The summed E-state index contributed by atoms with van der Waals surface area (Å²) in [6, 6.07) is 19.9. The van der Waals surface area contributed by atoms with E-state index in [2.05, 4.69) is 34.1 Å². The molecule has 0 bridgehead atoms. The first-order valence-electron chi connectivity index (χ1n) is 14.5. The van der Waals surface area contributed by atoms with Crippen LogP contribution >= 0.6 is 0 Å². The third kappa shape index (κ3) is 7.41. The second-order valence-electron chi connectivity index (χ2n) is 11.1. The SMILES string of the molecule is NC(=O)N1CCC(n2cc(-c3ccccc3)[nH]c2=O)CC1.OC1CCO[C@@H](c2ccccc2)CCN1CC1CC1. The van der Waals surface area contributed by atoms with Crippen LogP contribution in [0.1, 0.15) is 56.2 Å². The molecule has 3 heterocycles. The number of nitrogens with two attached hydrogens (primary N) is 1. The fourth-order valence-electron chi connectivity index (χ4n) is 5.60. The van der Waals surface area contributed by atoms with E-state index in [0.717, 1.165) is 55.9 Å². The molecule has 6 rings (SSSR count). The van der Waals surface area contributed by atoms with Gasteiger partial charge < -0.3 is 25.5 Å². The Bertz CT molecular complexity index is 1270. The molecular formula is C31H41N5O4. The average molecular weight is 548 g/mol. The summed E-state index contributed by atoms with van der Waals surface area (Å²) in [5.74, 6) is 0.824. The van der Waals surface area contributed by atoms with Crippen LogP contribution in [0.25, 0.3) is 11.3 Å². The number of piperidine rings is 1. The number of likely N-dealkylation sites (tertiary alicyclic amines) is 1. The molecule has 1 aliphatic carbocycles. The molecule has 2 amide bonds. The highest BCUT2D eigenvalue weighted by Gasteiger charge is 2.29. The number of aromatic nitrogens is 2. The minimum Gasteiger partial charge on any atom is -0.378 e. The van der Waals surface area contributed by atoms with Crippen molar-refractivity contribution in [1.82, 2.24) is 19.4 Å². The quantitative estimate of drug-likeness (QED) is 0.444. The van der Waals surface area contributed by atoms with E-state index in [0.29, 0.717) is 19.7 Å². The molecule has 3 fully saturated rings. The second-order valence-corrected chi connectivity index (χ2v) is 11.1. The van der Waals surface area contributed by atoms with Crippen molar-refractivity contribution in [2.45, 2.75) is 56.9 Å². The van der Waals surface area contributed by atoms with Crippen molar-refractivity contribution >= 4 is 6.03 Å². The van der Waals surface area contributed by atoms with E-state index in [1.165, 1.54) is 18.4 Å². The number of amides is 2. The number of benzene rings is 2. The largest absolute Gasteiger partial charge is 0.378 e. The third-order valence-corrected chi connectivity index (χ3v) is 8.15. The number of imidazole rings is 1. The van der Waals surface area contributed by atoms with Crippen molar-refractivity contribution in [2.75, 3.05) is 32.8 Å². The summed E-state index contributed by atoms with van der Waals surface area (Å²) in [5.41, 5.74) is 8.23. The average Bonchev–Trinajstić information content (AvgIpc) is 3.72. The van der Waals surface area contributed by atoms with Gasteiger partial charge in [-0.25, -0.2) is 9.59 Å². The Morgan fingerprint density at radius 3 is 2.25 bits per heavy atom. The molecule has 4 N–H and O–H groups in total. The maximum atomic E-state index is 12.1. The summed E-state index contributed by atoms with van der Waals surface area (Å²) < 4.78 is 7.66. The molecule has 1 aromatic heterocycles.